The zero-order valence-corrected chi connectivity index (χ0v) is 16.8. The van der Waals surface area contributed by atoms with Gasteiger partial charge < -0.3 is 20.7 Å². The number of ether oxygens (including phenoxy) is 1. The summed E-state index contributed by atoms with van der Waals surface area (Å²) < 4.78 is 5.09. The summed E-state index contributed by atoms with van der Waals surface area (Å²) in [4.78, 5) is 49.2. The third-order valence-electron chi connectivity index (χ3n) is 3.74. The number of amides is 3. The number of hydrogen-bond donors (Lipinski definition) is 2. The Labute approximate surface area is 172 Å². The standard InChI is InChI=1S/C20H21N3O5S/c1-23(2)18(25)12-29-16-6-4-3-5-15(16)20(27)28-11-17(24)22-14-9-7-13(8-10-14)19(21)26/h3-10H,11-12H2,1-2H3,(H2,21,26)(H,22,24). The highest BCUT2D eigenvalue weighted by Crippen LogP contribution is 2.23. The first-order chi connectivity index (χ1) is 13.8. The van der Waals surface area contributed by atoms with E-state index in [-0.39, 0.29) is 17.2 Å². The van der Waals surface area contributed by atoms with Gasteiger partial charge in [-0.05, 0) is 36.4 Å². The van der Waals surface area contributed by atoms with E-state index in [1.807, 2.05) is 0 Å². The number of rotatable bonds is 8. The molecule has 3 amide bonds. The number of carbonyl (C=O) groups is 4. The van der Waals surface area contributed by atoms with Crippen LogP contribution in [0.1, 0.15) is 20.7 Å². The molecule has 0 aromatic heterocycles. The predicted octanol–water partition coefficient (Wildman–Crippen LogP) is 1.76. The van der Waals surface area contributed by atoms with E-state index in [4.69, 9.17) is 10.5 Å². The van der Waals surface area contributed by atoms with Crippen LogP contribution >= 0.6 is 11.8 Å². The Kier molecular flexibility index (Phi) is 7.79. The molecule has 0 aliphatic carbocycles. The Bertz CT molecular complexity index is 913. The van der Waals surface area contributed by atoms with Crippen molar-refractivity contribution < 1.29 is 23.9 Å². The largest absolute Gasteiger partial charge is 0.452 e. The molecule has 0 aliphatic rings. The Balaban J connectivity index is 1.92. The maximum Gasteiger partial charge on any atom is 0.339 e. The van der Waals surface area contributed by atoms with Crippen LogP contribution in [0.2, 0.25) is 0 Å². The van der Waals surface area contributed by atoms with E-state index in [0.717, 1.165) is 0 Å². The fourth-order valence-electron chi connectivity index (χ4n) is 2.15. The first kappa shape index (κ1) is 22.0. The highest BCUT2D eigenvalue weighted by molar-refractivity contribution is 8.00. The minimum atomic E-state index is -0.662. The fraction of sp³-hybridized carbons (Fsp3) is 0.200. The number of hydrogen-bond acceptors (Lipinski definition) is 6. The lowest BCUT2D eigenvalue weighted by Gasteiger charge is -2.12. The molecule has 0 heterocycles. The van der Waals surface area contributed by atoms with Gasteiger partial charge in [0.1, 0.15) is 0 Å². The lowest BCUT2D eigenvalue weighted by Crippen LogP contribution is -2.23. The van der Waals surface area contributed by atoms with Crippen LogP contribution < -0.4 is 11.1 Å². The average molecular weight is 415 g/mol. The van der Waals surface area contributed by atoms with Crippen LogP contribution in [-0.2, 0) is 14.3 Å². The molecule has 152 valence electrons. The number of thioether (sulfide) groups is 1. The van der Waals surface area contributed by atoms with Crippen molar-refractivity contribution in [1.82, 2.24) is 4.90 Å². The van der Waals surface area contributed by atoms with Crippen molar-refractivity contribution in [1.29, 1.82) is 0 Å². The monoisotopic (exact) mass is 415 g/mol. The molecule has 0 saturated carbocycles. The first-order valence-corrected chi connectivity index (χ1v) is 9.55. The lowest BCUT2D eigenvalue weighted by atomic mass is 10.2. The fourth-order valence-corrected chi connectivity index (χ4v) is 3.17. The Morgan fingerprint density at radius 3 is 2.31 bits per heavy atom. The summed E-state index contributed by atoms with van der Waals surface area (Å²) in [6, 6.07) is 12.7. The van der Waals surface area contributed by atoms with Crippen LogP contribution in [-0.4, -0.2) is 55.0 Å². The van der Waals surface area contributed by atoms with Crippen LogP contribution in [0.15, 0.2) is 53.4 Å². The number of esters is 1. The molecule has 29 heavy (non-hydrogen) atoms. The van der Waals surface area contributed by atoms with Gasteiger partial charge in [0.25, 0.3) is 5.91 Å². The molecular formula is C20H21N3O5S. The van der Waals surface area contributed by atoms with E-state index >= 15 is 0 Å². The maximum absolute atomic E-state index is 12.4. The maximum atomic E-state index is 12.4. The molecule has 0 radical (unpaired) electrons. The van der Waals surface area contributed by atoms with Crippen molar-refractivity contribution >= 4 is 41.1 Å². The van der Waals surface area contributed by atoms with Crippen LogP contribution in [0.5, 0.6) is 0 Å². The number of nitrogens with two attached hydrogens (primary N) is 1. The van der Waals surface area contributed by atoms with Gasteiger partial charge in [-0.2, -0.15) is 0 Å². The van der Waals surface area contributed by atoms with Gasteiger partial charge in [-0.15, -0.1) is 11.8 Å². The van der Waals surface area contributed by atoms with Gasteiger partial charge in [-0.1, -0.05) is 12.1 Å². The molecule has 0 atom stereocenters. The van der Waals surface area contributed by atoms with Crippen LogP contribution in [0, 0.1) is 0 Å². The summed E-state index contributed by atoms with van der Waals surface area (Å²) in [6.07, 6.45) is 0. The molecule has 0 bridgehead atoms. The molecular weight excluding hydrogens is 394 g/mol. The van der Waals surface area contributed by atoms with Gasteiger partial charge in [0.05, 0.1) is 11.3 Å². The summed E-state index contributed by atoms with van der Waals surface area (Å²) in [5.74, 6) is -1.66. The van der Waals surface area contributed by atoms with Gasteiger partial charge >= 0.3 is 5.97 Å². The van der Waals surface area contributed by atoms with Crippen molar-refractivity contribution in [2.45, 2.75) is 4.90 Å². The van der Waals surface area contributed by atoms with Crippen molar-refractivity contribution in [3.05, 3.63) is 59.7 Å². The highest BCUT2D eigenvalue weighted by Gasteiger charge is 2.16. The minimum Gasteiger partial charge on any atom is -0.452 e. The van der Waals surface area contributed by atoms with Crippen LogP contribution in [0.4, 0.5) is 5.69 Å². The molecule has 2 rings (SSSR count). The molecule has 0 aliphatic heterocycles. The van der Waals surface area contributed by atoms with Crippen molar-refractivity contribution in [3.63, 3.8) is 0 Å². The van der Waals surface area contributed by atoms with E-state index in [1.54, 1.807) is 38.4 Å². The lowest BCUT2D eigenvalue weighted by molar-refractivity contribution is -0.125. The van der Waals surface area contributed by atoms with E-state index in [9.17, 15) is 19.2 Å². The molecule has 0 fully saturated rings. The van der Waals surface area contributed by atoms with Gasteiger partial charge in [-0.25, -0.2) is 4.79 Å². The van der Waals surface area contributed by atoms with Crippen LogP contribution in [0.25, 0.3) is 0 Å². The molecule has 2 aromatic carbocycles. The third-order valence-corrected chi connectivity index (χ3v) is 4.80. The second-order valence-electron chi connectivity index (χ2n) is 6.14. The second kappa shape index (κ2) is 10.3. The van der Waals surface area contributed by atoms with Gasteiger partial charge in [0.15, 0.2) is 6.61 Å². The number of carbonyl (C=O) groups excluding carboxylic acids is 4. The topological polar surface area (TPSA) is 119 Å². The number of nitrogens with zero attached hydrogens (tertiary/aromatic N) is 1. The normalized spacial score (nSPS) is 10.1. The van der Waals surface area contributed by atoms with Crippen LogP contribution in [0.3, 0.4) is 0 Å². The summed E-state index contributed by atoms with van der Waals surface area (Å²) >= 11 is 1.22. The van der Waals surface area contributed by atoms with Gasteiger partial charge in [0, 0.05) is 30.2 Å². The minimum absolute atomic E-state index is 0.0834. The third kappa shape index (κ3) is 6.65. The number of benzene rings is 2. The van der Waals surface area contributed by atoms with E-state index in [1.165, 1.54) is 40.9 Å². The van der Waals surface area contributed by atoms with Crippen molar-refractivity contribution in [2.24, 2.45) is 5.73 Å². The van der Waals surface area contributed by atoms with Gasteiger partial charge in [0.2, 0.25) is 11.8 Å². The molecule has 2 aromatic rings. The average Bonchev–Trinajstić information content (AvgIpc) is 2.70. The highest BCUT2D eigenvalue weighted by atomic mass is 32.2. The summed E-state index contributed by atoms with van der Waals surface area (Å²) in [7, 11) is 3.31. The smallest absolute Gasteiger partial charge is 0.339 e. The Hall–Kier alpha value is -3.33. The molecule has 0 unspecified atom stereocenters. The Morgan fingerprint density at radius 1 is 1.03 bits per heavy atom. The van der Waals surface area contributed by atoms with E-state index in [2.05, 4.69) is 5.32 Å². The molecule has 9 heteroatoms. The van der Waals surface area contributed by atoms with Crippen molar-refractivity contribution in [3.8, 4) is 0 Å². The summed E-state index contributed by atoms with van der Waals surface area (Å²) in [6.45, 7) is -0.480. The SMILES string of the molecule is CN(C)C(=O)CSc1ccccc1C(=O)OCC(=O)Nc1ccc(C(N)=O)cc1. The van der Waals surface area contributed by atoms with Gasteiger partial charge in [-0.3, -0.25) is 14.4 Å². The molecule has 3 N–H and O–H groups in total. The summed E-state index contributed by atoms with van der Waals surface area (Å²) in [5, 5.41) is 2.56. The van der Waals surface area contributed by atoms with E-state index < -0.39 is 24.4 Å². The molecule has 8 nitrogen and oxygen atoms in total. The zero-order valence-electron chi connectivity index (χ0n) is 16.0. The number of primary amides is 1. The molecule has 0 spiro atoms. The second-order valence-corrected chi connectivity index (χ2v) is 7.16. The predicted molar refractivity (Wildman–Crippen MR) is 110 cm³/mol. The van der Waals surface area contributed by atoms with E-state index in [0.29, 0.717) is 16.1 Å². The number of anilines is 1. The summed E-state index contributed by atoms with van der Waals surface area (Å²) in [5.41, 5.74) is 6.20. The molecule has 0 saturated heterocycles. The Morgan fingerprint density at radius 2 is 1.69 bits per heavy atom. The first-order valence-electron chi connectivity index (χ1n) is 8.56. The number of nitrogens with one attached hydrogen (secondary N) is 1. The quantitative estimate of drug-likeness (QED) is 0.501. The zero-order chi connectivity index (χ0) is 21.4. The van der Waals surface area contributed by atoms with Crippen molar-refractivity contribution in [2.75, 3.05) is 31.8 Å².